The van der Waals surface area contributed by atoms with Crippen molar-refractivity contribution < 1.29 is 18.7 Å². The molecule has 0 fully saturated rings. The van der Waals surface area contributed by atoms with Crippen molar-refractivity contribution in [1.82, 2.24) is 5.32 Å². The lowest BCUT2D eigenvalue weighted by atomic mass is 10.2. The molecule has 24 heavy (non-hydrogen) atoms. The van der Waals surface area contributed by atoms with Crippen molar-refractivity contribution in [3.63, 3.8) is 0 Å². The van der Waals surface area contributed by atoms with E-state index >= 15 is 0 Å². The van der Waals surface area contributed by atoms with Gasteiger partial charge in [0.2, 0.25) is 0 Å². The van der Waals surface area contributed by atoms with Gasteiger partial charge >= 0.3 is 0 Å². The Hall–Kier alpha value is -2.71. The van der Waals surface area contributed by atoms with Crippen LogP contribution >= 0.6 is 11.6 Å². The molecule has 0 aromatic heterocycles. The lowest BCUT2D eigenvalue weighted by molar-refractivity contribution is 0.0959. The highest BCUT2D eigenvalue weighted by molar-refractivity contribution is 6.33. The Labute approximate surface area is 144 Å². The maximum absolute atomic E-state index is 12.9. The molecule has 0 aliphatic rings. The van der Waals surface area contributed by atoms with E-state index in [1.165, 1.54) is 12.1 Å². The first kappa shape index (κ1) is 17.6. The number of hydrogen-bond donors (Lipinski definition) is 1. The minimum Gasteiger partial charge on any atom is -0.493 e. The molecular weight excluding hydrogens is 333 g/mol. The van der Waals surface area contributed by atoms with Gasteiger partial charge < -0.3 is 14.8 Å². The van der Waals surface area contributed by atoms with Gasteiger partial charge in [-0.15, -0.1) is 0 Å². The first-order valence-electron chi connectivity index (χ1n) is 7.06. The predicted molar refractivity (Wildman–Crippen MR) is 90.0 cm³/mol. The van der Waals surface area contributed by atoms with Crippen molar-refractivity contribution in [3.05, 3.63) is 58.9 Å². The van der Waals surface area contributed by atoms with Gasteiger partial charge in [-0.2, -0.15) is 0 Å². The van der Waals surface area contributed by atoms with Gasteiger partial charge in [0.25, 0.3) is 5.91 Å². The number of carbonyl (C=O) groups is 1. The van der Waals surface area contributed by atoms with Crippen LogP contribution in [0.15, 0.2) is 42.5 Å². The molecule has 0 radical (unpaired) electrons. The molecule has 2 rings (SSSR count). The van der Waals surface area contributed by atoms with Crippen LogP contribution in [0.5, 0.6) is 11.5 Å². The van der Waals surface area contributed by atoms with Crippen LogP contribution in [0.25, 0.3) is 0 Å². The molecule has 2 aromatic carbocycles. The maximum Gasteiger partial charge on any atom is 0.253 e. The number of ether oxygens (including phenoxy) is 2. The number of hydrogen-bond acceptors (Lipinski definition) is 3. The summed E-state index contributed by atoms with van der Waals surface area (Å²) in [5, 5.41) is 2.64. The van der Waals surface area contributed by atoms with E-state index in [9.17, 15) is 9.18 Å². The molecule has 0 saturated heterocycles. The molecule has 4 nitrogen and oxygen atoms in total. The lowest BCUT2D eigenvalue weighted by Crippen LogP contribution is -2.24. The number of amides is 1. The van der Waals surface area contributed by atoms with Gasteiger partial charge in [-0.3, -0.25) is 4.79 Å². The second-order valence-corrected chi connectivity index (χ2v) is 5.01. The zero-order valence-corrected chi connectivity index (χ0v) is 13.7. The zero-order chi connectivity index (χ0) is 17.4. The first-order valence-corrected chi connectivity index (χ1v) is 7.44. The molecule has 2 aromatic rings. The average molecular weight is 348 g/mol. The summed E-state index contributed by atoms with van der Waals surface area (Å²) in [6.07, 6.45) is 0. The third-order valence-electron chi connectivity index (χ3n) is 3.01. The largest absolute Gasteiger partial charge is 0.493 e. The van der Waals surface area contributed by atoms with E-state index in [4.69, 9.17) is 21.1 Å². The van der Waals surface area contributed by atoms with Gasteiger partial charge in [0.1, 0.15) is 12.4 Å². The summed E-state index contributed by atoms with van der Waals surface area (Å²) < 4.78 is 23.6. The first-order chi connectivity index (χ1) is 11.6. The highest BCUT2D eigenvalue weighted by Crippen LogP contribution is 2.25. The van der Waals surface area contributed by atoms with Crippen molar-refractivity contribution in [2.75, 3.05) is 20.3 Å². The number of benzene rings is 2. The monoisotopic (exact) mass is 347 g/mol. The molecule has 0 saturated carbocycles. The average Bonchev–Trinajstić information content (AvgIpc) is 2.58. The Kier molecular flexibility index (Phi) is 6.47. The summed E-state index contributed by atoms with van der Waals surface area (Å²) in [4.78, 5) is 11.9. The molecule has 1 N–H and O–H groups in total. The number of para-hydroxylation sites is 2. The molecule has 0 bridgehead atoms. The van der Waals surface area contributed by atoms with E-state index in [1.54, 1.807) is 19.2 Å². The summed E-state index contributed by atoms with van der Waals surface area (Å²) in [5.41, 5.74) is 0.199. The molecule has 0 spiro atoms. The normalized spacial score (nSPS) is 9.62. The van der Waals surface area contributed by atoms with Gasteiger partial charge in [-0.05, 0) is 30.3 Å². The fourth-order valence-corrected chi connectivity index (χ4v) is 2.11. The minimum atomic E-state index is -0.496. The quantitative estimate of drug-likeness (QED) is 0.844. The Balaban J connectivity index is 1.80. The summed E-state index contributed by atoms with van der Waals surface area (Å²) in [7, 11) is 1.56. The maximum atomic E-state index is 12.9. The zero-order valence-electron chi connectivity index (χ0n) is 12.9. The second kappa shape index (κ2) is 8.80. The van der Waals surface area contributed by atoms with E-state index < -0.39 is 11.7 Å². The smallest absolute Gasteiger partial charge is 0.253 e. The van der Waals surface area contributed by atoms with Crippen LogP contribution < -0.4 is 14.8 Å². The summed E-state index contributed by atoms with van der Waals surface area (Å²) in [6, 6.07) is 10.8. The standard InChI is InChI=1S/C18H15ClFNO3/c1-23-16-6-2-3-7-17(16)24-11-5-4-10-21-18(22)14-9-8-13(20)12-15(14)19/h2-3,6-9,12H,10-11H2,1H3,(H,21,22). The van der Waals surface area contributed by atoms with Crippen molar-refractivity contribution in [2.24, 2.45) is 0 Å². The molecule has 0 unspecified atom stereocenters. The third-order valence-corrected chi connectivity index (χ3v) is 3.32. The van der Waals surface area contributed by atoms with E-state index in [0.29, 0.717) is 11.5 Å². The van der Waals surface area contributed by atoms with Gasteiger partial charge in [-0.25, -0.2) is 4.39 Å². The SMILES string of the molecule is COc1ccccc1OCC#CCNC(=O)c1ccc(F)cc1Cl. The highest BCUT2D eigenvalue weighted by Gasteiger charge is 2.09. The third kappa shape index (κ3) is 4.90. The van der Waals surface area contributed by atoms with Crippen molar-refractivity contribution in [3.8, 4) is 23.3 Å². The molecule has 1 amide bonds. The molecule has 0 heterocycles. The van der Waals surface area contributed by atoms with Gasteiger partial charge in [0.15, 0.2) is 11.5 Å². The van der Waals surface area contributed by atoms with Gasteiger partial charge in [0, 0.05) is 0 Å². The highest BCUT2D eigenvalue weighted by atomic mass is 35.5. The Morgan fingerprint density at radius 1 is 1.21 bits per heavy atom. The Bertz CT molecular complexity index is 783. The number of rotatable bonds is 5. The van der Waals surface area contributed by atoms with Crippen LogP contribution in [0.4, 0.5) is 4.39 Å². The van der Waals surface area contributed by atoms with E-state index in [1.807, 2.05) is 12.1 Å². The van der Waals surface area contributed by atoms with Crippen LogP contribution in [-0.2, 0) is 0 Å². The summed E-state index contributed by atoms with van der Waals surface area (Å²) in [6.45, 7) is 0.287. The fourth-order valence-electron chi connectivity index (χ4n) is 1.86. The lowest BCUT2D eigenvalue weighted by Gasteiger charge is -2.07. The minimum absolute atomic E-state index is 0.0555. The van der Waals surface area contributed by atoms with Crippen molar-refractivity contribution >= 4 is 17.5 Å². The van der Waals surface area contributed by atoms with Gasteiger partial charge in [0.05, 0.1) is 24.2 Å². The van der Waals surface area contributed by atoms with E-state index in [-0.39, 0.29) is 23.7 Å². The molecular formula is C18H15ClFNO3. The molecule has 6 heteroatoms. The van der Waals surface area contributed by atoms with Crippen LogP contribution in [0, 0.1) is 17.7 Å². The predicted octanol–water partition coefficient (Wildman–Crippen LogP) is 3.30. The van der Waals surface area contributed by atoms with Gasteiger partial charge in [-0.1, -0.05) is 35.6 Å². The van der Waals surface area contributed by atoms with E-state index in [2.05, 4.69) is 17.2 Å². The molecule has 0 aliphatic heterocycles. The van der Waals surface area contributed by atoms with Crippen LogP contribution in [0.3, 0.4) is 0 Å². The Morgan fingerprint density at radius 3 is 2.67 bits per heavy atom. The molecule has 0 aliphatic carbocycles. The topological polar surface area (TPSA) is 47.6 Å². The van der Waals surface area contributed by atoms with Crippen molar-refractivity contribution in [1.29, 1.82) is 0 Å². The number of nitrogens with one attached hydrogen (secondary N) is 1. The Morgan fingerprint density at radius 2 is 1.96 bits per heavy atom. The van der Waals surface area contributed by atoms with E-state index in [0.717, 1.165) is 6.07 Å². The van der Waals surface area contributed by atoms with Crippen LogP contribution in [0.2, 0.25) is 5.02 Å². The molecule has 0 atom stereocenters. The summed E-state index contributed by atoms with van der Waals surface area (Å²) >= 11 is 5.81. The number of carbonyl (C=O) groups excluding carboxylic acids is 1. The van der Waals surface area contributed by atoms with Crippen LogP contribution in [0.1, 0.15) is 10.4 Å². The van der Waals surface area contributed by atoms with Crippen molar-refractivity contribution in [2.45, 2.75) is 0 Å². The fraction of sp³-hybridized carbons (Fsp3) is 0.167. The second-order valence-electron chi connectivity index (χ2n) is 4.60. The summed E-state index contributed by atoms with van der Waals surface area (Å²) in [5.74, 6) is 5.85. The van der Waals surface area contributed by atoms with Crippen LogP contribution in [-0.4, -0.2) is 26.2 Å². The number of halogens is 2. The number of methoxy groups -OCH3 is 1. The molecule has 124 valence electrons.